The Labute approximate surface area is 93.8 Å². The zero-order valence-corrected chi connectivity index (χ0v) is 8.23. The first-order valence-corrected chi connectivity index (χ1v) is 3.17. The molecule has 0 atom stereocenters. The molecule has 0 heterocycles. The molecule has 0 aromatic heterocycles. The van der Waals surface area contributed by atoms with Crippen molar-refractivity contribution >= 4 is 17.9 Å². The Bertz CT molecular complexity index is 234. The van der Waals surface area contributed by atoms with Crippen molar-refractivity contribution in [3.8, 4) is 0 Å². The summed E-state index contributed by atoms with van der Waals surface area (Å²) in [6, 6.07) is 0. The van der Waals surface area contributed by atoms with Gasteiger partial charge in [0.15, 0.2) is 5.60 Å². The first-order chi connectivity index (χ1) is 5.78. The van der Waals surface area contributed by atoms with Gasteiger partial charge in [-0.1, -0.05) is 0 Å². The van der Waals surface area contributed by atoms with Crippen LogP contribution in [0.2, 0.25) is 0 Å². The first kappa shape index (κ1) is 19.4. The Morgan fingerprint density at radius 1 is 0.933 bits per heavy atom. The molecule has 0 rings (SSSR count). The summed E-state index contributed by atoms with van der Waals surface area (Å²) in [5.74, 6) is -5.02. The number of carboxylic acid groups (broad SMARTS) is 3. The van der Waals surface area contributed by atoms with E-state index >= 15 is 0 Å². The van der Waals surface area contributed by atoms with Gasteiger partial charge in [0.25, 0.3) is 0 Å². The Morgan fingerprint density at radius 2 is 1.20 bits per heavy atom. The van der Waals surface area contributed by atoms with Crippen molar-refractivity contribution in [1.82, 2.24) is 0 Å². The number of hydrogen-bond acceptors (Lipinski definition) is 4. The van der Waals surface area contributed by atoms with Gasteiger partial charge >= 0.3 is 17.9 Å². The predicted octanol–water partition coefficient (Wildman–Crippen LogP) is -2.08. The van der Waals surface area contributed by atoms with Gasteiger partial charge in [-0.15, -0.1) is 0 Å². The molecule has 0 radical (unpaired) electrons. The molecule has 0 aliphatic rings. The summed E-state index contributed by atoms with van der Waals surface area (Å²) in [7, 11) is 0. The summed E-state index contributed by atoms with van der Waals surface area (Å²) >= 11 is 0. The minimum Gasteiger partial charge on any atom is -0.481 e. The summed E-state index contributed by atoms with van der Waals surface area (Å²) < 4.78 is 0. The van der Waals surface area contributed by atoms with Crippen LogP contribution < -0.4 is 0 Å². The first-order valence-electron chi connectivity index (χ1n) is 3.17. The van der Waals surface area contributed by atoms with Crippen molar-refractivity contribution in [2.45, 2.75) is 18.4 Å². The van der Waals surface area contributed by atoms with Crippen molar-refractivity contribution in [2.24, 2.45) is 0 Å². The SMILES string of the molecule is O.O=C(O)CC(O)(CC(=O)O)C(=O)O.[Ni]. The fraction of sp³-hybridized carbons (Fsp3) is 0.500. The third-order valence-corrected chi connectivity index (χ3v) is 1.29. The molecule has 0 spiro atoms. The molecule has 6 N–H and O–H groups in total. The van der Waals surface area contributed by atoms with E-state index < -0.39 is 36.4 Å². The fourth-order valence-corrected chi connectivity index (χ4v) is 0.714. The average Bonchev–Trinajstić information content (AvgIpc) is 1.82. The van der Waals surface area contributed by atoms with Crippen LogP contribution in [0.3, 0.4) is 0 Å². The fourth-order valence-electron chi connectivity index (χ4n) is 0.714. The van der Waals surface area contributed by atoms with Gasteiger partial charge in [0.1, 0.15) is 0 Å². The number of carboxylic acids is 3. The van der Waals surface area contributed by atoms with Crippen LogP contribution >= 0.6 is 0 Å². The van der Waals surface area contributed by atoms with Crippen molar-refractivity contribution in [2.75, 3.05) is 0 Å². The molecule has 0 aromatic rings. The maximum atomic E-state index is 10.3. The third-order valence-electron chi connectivity index (χ3n) is 1.29. The number of carbonyl (C=O) groups is 3. The van der Waals surface area contributed by atoms with Gasteiger partial charge in [0.05, 0.1) is 12.8 Å². The average molecular weight is 269 g/mol. The van der Waals surface area contributed by atoms with E-state index in [1.165, 1.54) is 0 Å². The van der Waals surface area contributed by atoms with Gasteiger partial charge in [-0.05, 0) is 0 Å². The molecule has 0 aliphatic carbocycles. The van der Waals surface area contributed by atoms with Crippen LogP contribution in [0, 0.1) is 0 Å². The van der Waals surface area contributed by atoms with E-state index in [2.05, 4.69) is 0 Å². The van der Waals surface area contributed by atoms with Gasteiger partial charge in [0.2, 0.25) is 0 Å². The number of hydrogen-bond donors (Lipinski definition) is 4. The Morgan fingerprint density at radius 3 is 1.33 bits per heavy atom. The minimum absolute atomic E-state index is 0. The summed E-state index contributed by atoms with van der Waals surface area (Å²) in [6.07, 6.45) is -2.29. The molecule has 0 aromatic carbocycles. The predicted molar refractivity (Wildman–Crippen MR) is 40.7 cm³/mol. The van der Waals surface area contributed by atoms with E-state index in [4.69, 9.17) is 20.4 Å². The van der Waals surface area contributed by atoms with Crippen molar-refractivity contribution < 1.29 is 56.8 Å². The van der Waals surface area contributed by atoms with Gasteiger partial charge in [-0.25, -0.2) is 4.79 Å². The maximum Gasteiger partial charge on any atom is 0.336 e. The van der Waals surface area contributed by atoms with Gasteiger partial charge in [-0.2, -0.15) is 0 Å². The second-order valence-corrected chi connectivity index (χ2v) is 2.48. The molecule has 0 amide bonds. The summed E-state index contributed by atoms with van der Waals surface area (Å²) in [5, 5.41) is 33.8. The molecule has 0 saturated carbocycles. The molecule has 15 heavy (non-hydrogen) atoms. The molecular weight excluding hydrogens is 259 g/mol. The van der Waals surface area contributed by atoms with E-state index in [0.29, 0.717) is 0 Å². The minimum atomic E-state index is -2.74. The summed E-state index contributed by atoms with van der Waals surface area (Å²) in [4.78, 5) is 30.5. The Hall–Kier alpha value is -1.18. The summed E-state index contributed by atoms with van der Waals surface area (Å²) in [5.41, 5.74) is -2.74. The molecule has 9 heteroatoms. The van der Waals surface area contributed by atoms with E-state index in [1.807, 2.05) is 0 Å². The second-order valence-electron chi connectivity index (χ2n) is 2.48. The van der Waals surface area contributed by atoms with Crippen molar-refractivity contribution in [3.05, 3.63) is 0 Å². The third kappa shape index (κ3) is 6.84. The largest absolute Gasteiger partial charge is 0.481 e. The van der Waals surface area contributed by atoms with Crippen LogP contribution in [0.1, 0.15) is 12.8 Å². The van der Waals surface area contributed by atoms with Crippen LogP contribution in [0.15, 0.2) is 0 Å². The van der Waals surface area contributed by atoms with Gasteiger partial charge in [-0.3, -0.25) is 9.59 Å². The molecule has 0 bridgehead atoms. The smallest absolute Gasteiger partial charge is 0.336 e. The van der Waals surface area contributed by atoms with Crippen molar-refractivity contribution in [1.29, 1.82) is 0 Å². The van der Waals surface area contributed by atoms with Crippen LogP contribution in [0.25, 0.3) is 0 Å². The zero-order valence-electron chi connectivity index (χ0n) is 7.24. The van der Waals surface area contributed by atoms with E-state index in [9.17, 15) is 14.4 Å². The molecule has 0 saturated heterocycles. The number of rotatable bonds is 5. The Balaban J connectivity index is -0.000000720. The molecule has 0 fully saturated rings. The van der Waals surface area contributed by atoms with Crippen LogP contribution in [-0.2, 0) is 30.9 Å². The number of aliphatic hydroxyl groups is 1. The van der Waals surface area contributed by atoms with E-state index in [1.54, 1.807) is 0 Å². The van der Waals surface area contributed by atoms with Crippen LogP contribution in [0.5, 0.6) is 0 Å². The molecule has 0 unspecified atom stereocenters. The molecule has 8 nitrogen and oxygen atoms in total. The topological polar surface area (TPSA) is 164 Å². The quantitative estimate of drug-likeness (QED) is 0.416. The van der Waals surface area contributed by atoms with Crippen molar-refractivity contribution in [3.63, 3.8) is 0 Å². The summed E-state index contributed by atoms with van der Waals surface area (Å²) in [6.45, 7) is 0. The zero-order chi connectivity index (χ0) is 10.6. The molecular formula is C6H10NiO8. The maximum absolute atomic E-state index is 10.3. The standard InChI is InChI=1S/C6H8O7.Ni.H2O/c7-3(8)1-6(13,5(11)12)2-4(9)10;;/h13H,1-2H2,(H,7,8)(H,9,10)(H,11,12);;1H2. The van der Waals surface area contributed by atoms with Crippen LogP contribution in [0.4, 0.5) is 0 Å². The van der Waals surface area contributed by atoms with Gasteiger partial charge < -0.3 is 25.9 Å². The van der Waals surface area contributed by atoms with E-state index in [0.717, 1.165) is 0 Å². The van der Waals surface area contributed by atoms with Crippen LogP contribution in [-0.4, -0.2) is 49.4 Å². The van der Waals surface area contributed by atoms with Gasteiger partial charge in [0, 0.05) is 16.5 Å². The number of aliphatic carboxylic acids is 3. The second kappa shape index (κ2) is 7.16. The monoisotopic (exact) mass is 268 g/mol. The molecule has 0 aliphatic heterocycles. The molecule has 92 valence electrons. The van der Waals surface area contributed by atoms with E-state index in [-0.39, 0.29) is 22.0 Å². The normalized spacial score (nSPS) is 9.40. The Kier molecular flexibility index (Phi) is 9.26.